The van der Waals surface area contributed by atoms with Crippen LogP contribution >= 0.6 is 11.6 Å². The molecule has 3 aromatic rings. The summed E-state index contributed by atoms with van der Waals surface area (Å²) in [5.74, 6) is 1.17. The Morgan fingerprint density at radius 3 is 2.52 bits per heavy atom. The molecule has 0 aliphatic rings. The minimum atomic E-state index is -0.537. The third-order valence-corrected chi connectivity index (χ3v) is 4.47. The topological polar surface area (TPSA) is 104 Å². The second-order valence-electron chi connectivity index (χ2n) is 5.96. The average Bonchev–Trinajstić information content (AvgIpc) is 3.21. The summed E-state index contributed by atoms with van der Waals surface area (Å²) in [6.07, 6.45) is 0. The second-order valence-corrected chi connectivity index (χ2v) is 6.36. The van der Waals surface area contributed by atoms with Crippen LogP contribution < -0.4 is 14.8 Å². The van der Waals surface area contributed by atoms with Gasteiger partial charge in [0.25, 0.3) is 11.6 Å². The van der Waals surface area contributed by atoms with E-state index in [9.17, 15) is 14.9 Å². The average molecular weight is 417 g/mol. The summed E-state index contributed by atoms with van der Waals surface area (Å²) < 4.78 is 16.0. The van der Waals surface area contributed by atoms with Crippen LogP contribution in [0.2, 0.25) is 5.02 Å². The van der Waals surface area contributed by atoms with Crippen LogP contribution in [-0.4, -0.2) is 25.1 Å². The predicted molar refractivity (Wildman–Crippen MR) is 107 cm³/mol. The highest BCUT2D eigenvalue weighted by Crippen LogP contribution is 2.32. The molecular weight excluding hydrogens is 400 g/mol. The molecule has 0 aliphatic carbocycles. The summed E-state index contributed by atoms with van der Waals surface area (Å²) in [6, 6.07) is 12.5. The van der Waals surface area contributed by atoms with Crippen molar-refractivity contribution in [3.05, 3.63) is 75.0 Å². The molecule has 1 N–H and O–H groups in total. The molecule has 0 saturated carbocycles. The number of hydrogen-bond donors (Lipinski definition) is 1. The number of nitro groups is 1. The van der Waals surface area contributed by atoms with E-state index < -0.39 is 10.8 Å². The molecule has 1 aromatic heterocycles. The number of nitrogens with zero attached hydrogens (tertiary/aromatic N) is 1. The van der Waals surface area contributed by atoms with Gasteiger partial charge in [-0.15, -0.1) is 0 Å². The third kappa shape index (κ3) is 4.49. The first-order chi connectivity index (χ1) is 13.9. The van der Waals surface area contributed by atoms with Crippen molar-refractivity contribution >= 4 is 23.2 Å². The zero-order valence-corrected chi connectivity index (χ0v) is 16.4. The maximum atomic E-state index is 12.4. The number of nitro benzene ring substituents is 1. The number of hydrogen-bond acceptors (Lipinski definition) is 6. The van der Waals surface area contributed by atoms with Gasteiger partial charge in [0.2, 0.25) is 0 Å². The van der Waals surface area contributed by atoms with Crippen LogP contribution in [-0.2, 0) is 6.54 Å². The van der Waals surface area contributed by atoms with Gasteiger partial charge in [0.1, 0.15) is 5.76 Å². The van der Waals surface area contributed by atoms with Gasteiger partial charge in [-0.3, -0.25) is 14.9 Å². The van der Waals surface area contributed by atoms with E-state index in [-0.39, 0.29) is 23.0 Å². The van der Waals surface area contributed by atoms with Gasteiger partial charge in [-0.25, -0.2) is 0 Å². The number of non-ortho nitro benzene ring substituents is 1. The molecule has 0 fully saturated rings. The summed E-state index contributed by atoms with van der Waals surface area (Å²) in [5, 5.41) is 13.7. The lowest BCUT2D eigenvalue weighted by Crippen LogP contribution is -2.22. The van der Waals surface area contributed by atoms with Gasteiger partial charge >= 0.3 is 0 Å². The van der Waals surface area contributed by atoms with Crippen LogP contribution in [0.1, 0.15) is 16.1 Å². The fourth-order valence-corrected chi connectivity index (χ4v) is 2.95. The predicted octanol–water partition coefficient (Wildman–Crippen LogP) is 4.46. The van der Waals surface area contributed by atoms with E-state index in [1.54, 1.807) is 25.3 Å². The lowest BCUT2D eigenvalue weighted by Gasteiger charge is -2.10. The van der Waals surface area contributed by atoms with Crippen LogP contribution in [0.15, 0.2) is 52.9 Å². The minimum Gasteiger partial charge on any atom is -0.493 e. The summed E-state index contributed by atoms with van der Waals surface area (Å²) in [4.78, 5) is 22.7. The molecule has 0 spiro atoms. The third-order valence-electron chi connectivity index (χ3n) is 4.16. The Kier molecular flexibility index (Phi) is 6.04. The Hall–Kier alpha value is -3.52. The lowest BCUT2D eigenvalue weighted by molar-refractivity contribution is -0.384. The Bertz CT molecular complexity index is 1060. The van der Waals surface area contributed by atoms with Gasteiger partial charge < -0.3 is 19.2 Å². The molecule has 0 atom stereocenters. The molecule has 0 aliphatic heterocycles. The van der Waals surface area contributed by atoms with E-state index in [0.717, 1.165) is 5.56 Å². The smallest absolute Gasteiger partial charge is 0.287 e. The Labute approximate surface area is 171 Å². The molecule has 0 bridgehead atoms. The van der Waals surface area contributed by atoms with E-state index in [2.05, 4.69) is 5.32 Å². The number of rotatable bonds is 7. The van der Waals surface area contributed by atoms with E-state index in [0.29, 0.717) is 22.8 Å². The minimum absolute atomic E-state index is 0.0925. The van der Waals surface area contributed by atoms with Gasteiger partial charge in [0.05, 0.1) is 24.2 Å². The second kappa shape index (κ2) is 8.66. The first kappa shape index (κ1) is 20.2. The largest absolute Gasteiger partial charge is 0.493 e. The molecule has 8 nitrogen and oxygen atoms in total. The summed E-state index contributed by atoms with van der Waals surface area (Å²) in [7, 11) is 3.08. The fourth-order valence-electron chi connectivity index (χ4n) is 2.68. The number of amides is 1. The number of ether oxygens (including phenoxy) is 2. The van der Waals surface area contributed by atoms with E-state index in [1.165, 1.54) is 31.4 Å². The van der Waals surface area contributed by atoms with Crippen molar-refractivity contribution in [2.75, 3.05) is 14.2 Å². The van der Waals surface area contributed by atoms with Crippen LogP contribution in [0.5, 0.6) is 11.5 Å². The molecule has 0 radical (unpaired) electrons. The maximum Gasteiger partial charge on any atom is 0.287 e. The van der Waals surface area contributed by atoms with Gasteiger partial charge in [0.15, 0.2) is 17.3 Å². The summed E-state index contributed by atoms with van der Waals surface area (Å²) in [5.41, 5.74) is 1.15. The Morgan fingerprint density at radius 1 is 1.10 bits per heavy atom. The van der Waals surface area contributed by atoms with Crippen molar-refractivity contribution < 1.29 is 23.6 Å². The van der Waals surface area contributed by atoms with Gasteiger partial charge in [-0.05, 0) is 35.9 Å². The SMILES string of the molecule is COc1ccc(CNC(=O)c2ccc(-c3ccc([N+](=O)[O-])cc3Cl)o2)cc1OC. The highest BCUT2D eigenvalue weighted by molar-refractivity contribution is 6.33. The van der Waals surface area contributed by atoms with Crippen LogP contribution in [0, 0.1) is 10.1 Å². The molecule has 1 heterocycles. The molecule has 2 aromatic carbocycles. The maximum absolute atomic E-state index is 12.4. The lowest BCUT2D eigenvalue weighted by atomic mass is 10.1. The zero-order valence-electron chi connectivity index (χ0n) is 15.6. The van der Waals surface area contributed by atoms with Crippen LogP contribution in [0.4, 0.5) is 5.69 Å². The molecule has 9 heteroatoms. The quantitative estimate of drug-likeness (QED) is 0.450. The number of benzene rings is 2. The summed E-state index contributed by atoms with van der Waals surface area (Å²) in [6.45, 7) is 0.257. The monoisotopic (exact) mass is 416 g/mol. The van der Waals surface area contributed by atoms with Gasteiger partial charge in [-0.2, -0.15) is 0 Å². The number of furan rings is 1. The van der Waals surface area contributed by atoms with Crippen molar-refractivity contribution in [2.24, 2.45) is 0 Å². The van der Waals surface area contributed by atoms with Crippen molar-refractivity contribution in [3.8, 4) is 22.8 Å². The number of nitrogens with one attached hydrogen (secondary N) is 1. The van der Waals surface area contributed by atoms with Crippen LogP contribution in [0.3, 0.4) is 0 Å². The van der Waals surface area contributed by atoms with Crippen molar-refractivity contribution in [3.63, 3.8) is 0 Å². The summed E-state index contributed by atoms with van der Waals surface area (Å²) >= 11 is 6.10. The van der Waals surface area contributed by atoms with Crippen molar-refractivity contribution in [1.82, 2.24) is 5.32 Å². The highest BCUT2D eigenvalue weighted by atomic mass is 35.5. The first-order valence-corrected chi connectivity index (χ1v) is 8.84. The number of halogens is 1. The molecule has 29 heavy (non-hydrogen) atoms. The fraction of sp³-hybridized carbons (Fsp3) is 0.150. The molecule has 0 unspecified atom stereocenters. The number of carbonyl (C=O) groups excluding carboxylic acids is 1. The Balaban J connectivity index is 1.71. The molecule has 150 valence electrons. The molecule has 1 amide bonds. The van der Waals surface area contributed by atoms with Gasteiger partial charge in [0, 0.05) is 24.2 Å². The number of methoxy groups -OCH3 is 2. The molecule has 0 saturated heterocycles. The molecular formula is C20H17ClN2O6. The van der Waals surface area contributed by atoms with E-state index in [1.807, 2.05) is 6.07 Å². The Morgan fingerprint density at radius 2 is 1.86 bits per heavy atom. The van der Waals surface area contributed by atoms with Crippen molar-refractivity contribution in [1.29, 1.82) is 0 Å². The zero-order chi connectivity index (χ0) is 21.0. The standard InChI is InChI=1S/C20H17ClN2O6/c1-27-17-6-3-12(9-19(17)28-2)11-22-20(24)18-8-7-16(29-18)14-5-4-13(23(25)26)10-15(14)21/h3-10H,11H2,1-2H3,(H,22,24). The van der Waals surface area contributed by atoms with E-state index in [4.69, 9.17) is 25.5 Å². The first-order valence-electron chi connectivity index (χ1n) is 8.46. The van der Waals surface area contributed by atoms with E-state index >= 15 is 0 Å². The highest BCUT2D eigenvalue weighted by Gasteiger charge is 2.16. The normalized spacial score (nSPS) is 10.4. The number of carbonyl (C=O) groups is 1. The van der Waals surface area contributed by atoms with Gasteiger partial charge in [-0.1, -0.05) is 17.7 Å². The van der Waals surface area contributed by atoms with Crippen molar-refractivity contribution in [2.45, 2.75) is 6.54 Å². The molecule has 3 rings (SSSR count). The van der Waals surface area contributed by atoms with Crippen LogP contribution in [0.25, 0.3) is 11.3 Å².